The first kappa shape index (κ1) is 17.7. The van der Waals surface area contributed by atoms with Crippen LogP contribution in [0.2, 0.25) is 0 Å². The Morgan fingerprint density at radius 3 is 2.61 bits per heavy atom. The van der Waals surface area contributed by atoms with Crippen LogP contribution in [-0.4, -0.2) is 34.7 Å². The molecule has 4 nitrogen and oxygen atoms in total. The van der Waals surface area contributed by atoms with E-state index in [2.05, 4.69) is 12.6 Å². The van der Waals surface area contributed by atoms with Crippen LogP contribution in [0.1, 0.15) is 6.92 Å². The van der Waals surface area contributed by atoms with E-state index in [4.69, 9.17) is 4.74 Å². The maximum atomic E-state index is 11.8. The Kier molecular flexibility index (Phi) is 6.36. The van der Waals surface area contributed by atoms with Crippen molar-refractivity contribution >= 4 is 47.1 Å². The number of hydrogen-bond donors (Lipinski definition) is 2. The number of esters is 1. The number of carbonyl (C=O) groups excluding carboxylic acids is 1. The van der Waals surface area contributed by atoms with Crippen molar-refractivity contribution in [2.24, 2.45) is 5.92 Å². The van der Waals surface area contributed by atoms with Crippen LogP contribution in [0.15, 0.2) is 47.4 Å². The van der Waals surface area contributed by atoms with Crippen molar-refractivity contribution in [3.8, 4) is 0 Å². The lowest BCUT2D eigenvalue weighted by Gasteiger charge is -2.16. The van der Waals surface area contributed by atoms with E-state index in [1.165, 1.54) is 11.8 Å². The van der Waals surface area contributed by atoms with Gasteiger partial charge in [-0.15, -0.1) is 11.8 Å². The number of hydrogen-bond acceptors (Lipinski definition) is 5. The molecule has 0 radical (unpaired) electrons. The highest BCUT2D eigenvalue weighted by molar-refractivity contribution is 7.99. The third-order valence-electron chi connectivity index (χ3n) is 3.35. The van der Waals surface area contributed by atoms with Gasteiger partial charge >= 0.3 is 11.9 Å². The maximum absolute atomic E-state index is 11.8. The molecule has 1 N–H and O–H groups in total. The minimum absolute atomic E-state index is 0.161. The summed E-state index contributed by atoms with van der Waals surface area (Å²) in [5, 5.41) is 11.4. The van der Waals surface area contributed by atoms with E-state index < -0.39 is 24.0 Å². The molecule has 2 aromatic carbocycles. The van der Waals surface area contributed by atoms with Crippen LogP contribution < -0.4 is 0 Å². The SMILES string of the molecule is C[C@H](CS)C(=O)O[C@@H](CSc1cccc2ccccc12)C(=O)O. The summed E-state index contributed by atoms with van der Waals surface area (Å²) in [6, 6.07) is 13.7. The van der Waals surface area contributed by atoms with Gasteiger partial charge in [-0.3, -0.25) is 4.79 Å². The molecule has 0 bridgehead atoms. The van der Waals surface area contributed by atoms with E-state index in [9.17, 15) is 14.7 Å². The summed E-state index contributed by atoms with van der Waals surface area (Å²) in [4.78, 5) is 24.1. The molecule has 0 saturated carbocycles. The van der Waals surface area contributed by atoms with E-state index in [0.29, 0.717) is 5.75 Å². The fraction of sp³-hybridized carbons (Fsp3) is 0.294. The van der Waals surface area contributed by atoms with Crippen molar-refractivity contribution in [1.29, 1.82) is 0 Å². The summed E-state index contributed by atoms with van der Waals surface area (Å²) < 4.78 is 5.09. The molecule has 2 atom stereocenters. The number of carboxylic acids is 1. The molecule has 122 valence electrons. The van der Waals surface area contributed by atoms with Crippen molar-refractivity contribution in [3.63, 3.8) is 0 Å². The summed E-state index contributed by atoms with van der Waals surface area (Å²) in [6.07, 6.45) is -1.17. The van der Waals surface area contributed by atoms with Crippen LogP contribution in [0, 0.1) is 5.92 Å². The summed E-state index contributed by atoms with van der Waals surface area (Å²) in [7, 11) is 0. The summed E-state index contributed by atoms with van der Waals surface area (Å²) in [6.45, 7) is 1.66. The molecule has 23 heavy (non-hydrogen) atoms. The molecule has 2 rings (SSSR count). The van der Waals surface area contributed by atoms with Crippen LogP contribution in [0.5, 0.6) is 0 Å². The largest absolute Gasteiger partial charge is 0.478 e. The molecule has 0 unspecified atom stereocenters. The monoisotopic (exact) mass is 350 g/mol. The fourth-order valence-corrected chi connectivity index (χ4v) is 3.18. The topological polar surface area (TPSA) is 63.6 Å². The molecule has 0 amide bonds. The van der Waals surface area contributed by atoms with E-state index >= 15 is 0 Å². The molecule has 2 aromatic rings. The molecule has 0 heterocycles. The molecule has 0 aliphatic rings. The first-order valence-corrected chi connectivity index (χ1v) is 8.79. The van der Waals surface area contributed by atoms with E-state index in [1.807, 2.05) is 42.5 Å². The number of benzene rings is 2. The molecular formula is C17H18O4S2. The van der Waals surface area contributed by atoms with Gasteiger partial charge in [-0.25, -0.2) is 4.79 Å². The first-order chi connectivity index (χ1) is 11.0. The molecule has 0 aliphatic carbocycles. The zero-order chi connectivity index (χ0) is 16.8. The molecule has 0 aromatic heterocycles. The number of carbonyl (C=O) groups is 2. The second kappa shape index (κ2) is 8.26. The normalized spacial score (nSPS) is 13.5. The van der Waals surface area contributed by atoms with Gasteiger partial charge in [0.15, 0.2) is 0 Å². The maximum Gasteiger partial charge on any atom is 0.345 e. The molecule has 0 saturated heterocycles. The van der Waals surface area contributed by atoms with Crippen LogP contribution in [0.3, 0.4) is 0 Å². The summed E-state index contributed by atoms with van der Waals surface area (Å²) >= 11 is 5.40. The molecule has 0 fully saturated rings. The van der Waals surface area contributed by atoms with Gasteiger partial charge in [0, 0.05) is 16.4 Å². The lowest BCUT2D eigenvalue weighted by Crippen LogP contribution is -2.32. The Morgan fingerprint density at radius 1 is 1.22 bits per heavy atom. The molecule has 6 heteroatoms. The minimum atomic E-state index is -1.17. The Hall–Kier alpha value is -1.66. The Bertz CT molecular complexity index is 697. The van der Waals surface area contributed by atoms with Gasteiger partial charge in [-0.05, 0) is 16.8 Å². The third-order valence-corrected chi connectivity index (χ3v) is 5.03. The number of rotatable bonds is 7. The lowest BCUT2D eigenvalue weighted by atomic mass is 10.1. The summed E-state index contributed by atoms with van der Waals surface area (Å²) in [5.74, 6) is -1.62. The third kappa shape index (κ3) is 4.65. The zero-order valence-electron chi connectivity index (χ0n) is 12.6. The Balaban J connectivity index is 2.09. The lowest BCUT2D eigenvalue weighted by molar-refractivity contribution is -0.164. The second-order valence-electron chi connectivity index (χ2n) is 5.14. The van der Waals surface area contributed by atoms with Gasteiger partial charge in [-0.2, -0.15) is 12.6 Å². The molecule has 0 spiro atoms. The standard InChI is InChI=1S/C17H18O4S2/c1-11(9-22)17(20)21-14(16(18)19)10-23-15-8-4-6-12-5-2-3-7-13(12)15/h2-8,11,14,22H,9-10H2,1H3,(H,18,19)/t11-,14+/m1/s1. The van der Waals surface area contributed by atoms with Gasteiger partial charge in [0.1, 0.15) is 0 Å². The second-order valence-corrected chi connectivity index (χ2v) is 6.56. The van der Waals surface area contributed by atoms with Crippen LogP contribution in [-0.2, 0) is 14.3 Å². The highest BCUT2D eigenvalue weighted by atomic mass is 32.2. The van der Waals surface area contributed by atoms with Crippen LogP contribution in [0.4, 0.5) is 0 Å². The average Bonchev–Trinajstić information content (AvgIpc) is 2.57. The number of aliphatic carboxylic acids is 1. The number of fused-ring (bicyclic) bond motifs is 1. The zero-order valence-corrected chi connectivity index (χ0v) is 14.3. The average molecular weight is 350 g/mol. The number of thioether (sulfide) groups is 1. The van der Waals surface area contributed by atoms with Crippen molar-refractivity contribution in [3.05, 3.63) is 42.5 Å². The molecular weight excluding hydrogens is 332 g/mol. The predicted octanol–water partition coefficient (Wildman–Crippen LogP) is 3.49. The van der Waals surface area contributed by atoms with Crippen molar-refractivity contribution in [1.82, 2.24) is 0 Å². The van der Waals surface area contributed by atoms with Gasteiger partial charge < -0.3 is 9.84 Å². The quantitative estimate of drug-likeness (QED) is 0.455. The van der Waals surface area contributed by atoms with Crippen LogP contribution in [0.25, 0.3) is 10.8 Å². The number of thiol groups is 1. The Morgan fingerprint density at radius 2 is 1.91 bits per heavy atom. The van der Waals surface area contributed by atoms with E-state index in [-0.39, 0.29) is 5.75 Å². The van der Waals surface area contributed by atoms with Crippen LogP contribution >= 0.6 is 24.4 Å². The minimum Gasteiger partial charge on any atom is -0.478 e. The smallest absolute Gasteiger partial charge is 0.345 e. The van der Waals surface area contributed by atoms with Crippen molar-refractivity contribution in [2.75, 3.05) is 11.5 Å². The molecule has 0 aliphatic heterocycles. The summed E-state index contributed by atoms with van der Waals surface area (Å²) in [5.41, 5.74) is 0. The highest BCUT2D eigenvalue weighted by Crippen LogP contribution is 2.28. The van der Waals surface area contributed by atoms with Gasteiger partial charge in [0.2, 0.25) is 6.10 Å². The van der Waals surface area contributed by atoms with Gasteiger partial charge in [-0.1, -0.05) is 43.3 Å². The van der Waals surface area contributed by atoms with E-state index in [1.54, 1.807) is 6.92 Å². The number of ether oxygens (including phenoxy) is 1. The predicted molar refractivity (Wildman–Crippen MR) is 95.2 cm³/mol. The Labute approximate surface area is 144 Å². The van der Waals surface area contributed by atoms with Gasteiger partial charge in [0.05, 0.1) is 5.92 Å². The van der Waals surface area contributed by atoms with Crippen molar-refractivity contribution in [2.45, 2.75) is 17.9 Å². The fourth-order valence-electron chi connectivity index (χ4n) is 1.97. The highest BCUT2D eigenvalue weighted by Gasteiger charge is 2.25. The number of carboxylic acid groups (broad SMARTS) is 1. The van der Waals surface area contributed by atoms with Gasteiger partial charge in [0.25, 0.3) is 0 Å². The first-order valence-electron chi connectivity index (χ1n) is 7.17. The van der Waals surface area contributed by atoms with Crippen molar-refractivity contribution < 1.29 is 19.4 Å². The van der Waals surface area contributed by atoms with E-state index in [0.717, 1.165) is 15.7 Å².